The molecule has 0 N–H and O–H groups in total. The lowest BCUT2D eigenvalue weighted by molar-refractivity contribution is 0.140. The lowest BCUT2D eigenvalue weighted by Crippen LogP contribution is -2.18. The minimum atomic E-state index is 0.551. The van der Waals surface area contributed by atoms with Crippen LogP contribution in [0.25, 0.3) is 0 Å². The second-order valence-corrected chi connectivity index (χ2v) is 5.03. The van der Waals surface area contributed by atoms with E-state index in [4.69, 9.17) is 4.74 Å². The number of rotatable bonds is 2. The van der Waals surface area contributed by atoms with Gasteiger partial charge in [-0.2, -0.15) is 0 Å². The molecule has 0 aromatic heterocycles. The molecule has 0 aromatic carbocycles. The van der Waals surface area contributed by atoms with Crippen LogP contribution in [0.2, 0.25) is 0 Å². The van der Waals surface area contributed by atoms with Gasteiger partial charge in [0, 0.05) is 47.5 Å². The van der Waals surface area contributed by atoms with Crippen molar-refractivity contribution in [3.8, 4) is 0 Å². The highest BCUT2D eigenvalue weighted by molar-refractivity contribution is 14.1. The van der Waals surface area contributed by atoms with Crippen LogP contribution in [0, 0.1) is 5.41 Å². The van der Waals surface area contributed by atoms with E-state index >= 15 is 0 Å². The van der Waals surface area contributed by atoms with E-state index in [1.54, 1.807) is 0 Å². The molecule has 0 spiro atoms. The molecule has 1 saturated carbocycles. The quantitative estimate of drug-likeness (QED) is 0.559. The van der Waals surface area contributed by atoms with E-state index < -0.39 is 0 Å². The third-order valence-corrected chi connectivity index (χ3v) is 4.62. The van der Waals surface area contributed by atoms with E-state index in [0.717, 1.165) is 18.7 Å². The summed E-state index contributed by atoms with van der Waals surface area (Å²) in [6.45, 7) is 3.26. The van der Waals surface area contributed by atoms with Gasteiger partial charge in [0.15, 0.2) is 0 Å². The minimum absolute atomic E-state index is 0.551. The molecule has 3 atom stereocenters. The van der Waals surface area contributed by atoms with Gasteiger partial charge in [-0.05, 0) is 19.8 Å². The van der Waals surface area contributed by atoms with Gasteiger partial charge in [0.05, 0.1) is 6.61 Å². The number of hydrogen-bond donors (Lipinski definition) is 0. The number of methoxy groups -OCH3 is 1. The Morgan fingerprint density at radius 1 is 1.64 bits per heavy atom. The molecular formula is C8H14INO. The van der Waals surface area contributed by atoms with E-state index in [1.165, 1.54) is 12.8 Å². The maximum absolute atomic E-state index is 5.24. The van der Waals surface area contributed by atoms with Crippen LogP contribution in [0.15, 0.2) is 0 Å². The topological polar surface area (TPSA) is 12.5 Å². The number of piperidine rings is 1. The van der Waals surface area contributed by atoms with E-state index in [0.29, 0.717) is 5.41 Å². The van der Waals surface area contributed by atoms with Crippen molar-refractivity contribution < 1.29 is 4.74 Å². The molecule has 1 heterocycles. The summed E-state index contributed by atoms with van der Waals surface area (Å²) < 4.78 is 7.71. The van der Waals surface area contributed by atoms with Gasteiger partial charge in [0.1, 0.15) is 0 Å². The van der Waals surface area contributed by atoms with Crippen molar-refractivity contribution >= 4 is 22.9 Å². The first kappa shape index (κ1) is 8.26. The molecule has 0 bridgehead atoms. The van der Waals surface area contributed by atoms with Gasteiger partial charge in [-0.3, -0.25) is 0 Å². The Kier molecular flexibility index (Phi) is 1.93. The molecule has 1 aliphatic heterocycles. The molecule has 0 amide bonds. The average molecular weight is 267 g/mol. The highest BCUT2D eigenvalue weighted by atomic mass is 127. The van der Waals surface area contributed by atoms with Crippen LogP contribution in [0.1, 0.15) is 19.8 Å². The molecule has 64 valence electrons. The Hall–Kier alpha value is 0.650. The van der Waals surface area contributed by atoms with Crippen LogP contribution < -0.4 is 0 Å². The summed E-state index contributed by atoms with van der Waals surface area (Å²) in [5.41, 5.74) is 0.551. The monoisotopic (exact) mass is 267 g/mol. The number of nitrogens with zero attached hydrogens (tertiary/aromatic N) is 1. The van der Waals surface area contributed by atoms with Gasteiger partial charge in [-0.15, -0.1) is 0 Å². The predicted octanol–water partition coefficient (Wildman–Crippen LogP) is 1.84. The second-order valence-electron chi connectivity index (χ2n) is 3.91. The molecule has 3 unspecified atom stereocenters. The van der Waals surface area contributed by atoms with Gasteiger partial charge in [0.2, 0.25) is 0 Å². The van der Waals surface area contributed by atoms with Gasteiger partial charge < -0.3 is 4.74 Å². The summed E-state index contributed by atoms with van der Waals surface area (Å²) in [5, 5.41) is 0. The summed E-state index contributed by atoms with van der Waals surface area (Å²) in [5.74, 6) is 0. The van der Waals surface area contributed by atoms with Gasteiger partial charge in [-0.25, -0.2) is 3.11 Å². The average Bonchev–Trinajstić information content (AvgIpc) is 2.57. The zero-order valence-electron chi connectivity index (χ0n) is 7.01. The molecule has 2 fully saturated rings. The fraction of sp³-hybridized carbons (Fsp3) is 1.00. The van der Waals surface area contributed by atoms with Gasteiger partial charge >= 0.3 is 0 Å². The minimum Gasteiger partial charge on any atom is -0.384 e. The molecule has 1 saturated heterocycles. The Morgan fingerprint density at radius 2 is 2.36 bits per heavy atom. The van der Waals surface area contributed by atoms with Crippen LogP contribution in [-0.2, 0) is 4.74 Å². The van der Waals surface area contributed by atoms with Crippen molar-refractivity contribution in [3.63, 3.8) is 0 Å². The summed E-state index contributed by atoms with van der Waals surface area (Å²) in [6, 6.07) is 1.57. The SMILES string of the molecule is COCC12CC(C)N(I)C1C2. The van der Waals surface area contributed by atoms with Crippen molar-refractivity contribution in [1.82, 2.24) is 3.11 Å². The Balaban J connectivity index is 2.02. The smallest absolute Gasteiger partial charge is 0.0535 e. The Labute approximate surface area is 81.8 Å². The van der Waals surface area contributed by atoms with Crippen LogP contribution >= 0.6 is 22.9 Å². The Morgan fingerprint density at radius 3 is 2.82 bits per heavy atom. The maximum Gasteiger partial charge on any atom is 0.0535 e. The first-order chi connectivity index (χ1) is 5.19. The fourth-order valence-corrected chi connectivity index (χ4v) is 3.36. The summed E-state index contributed by atoms with van der Waals surface area (Å²) in [6.07, 6.45) is 2.68. The van der Waals surface area contributed by atoms with Crippen LogP contribution in [-0.4, -0.2) is 28.9 Å². The van der Waals surface area contributed by atoms with Crippen LogP contribution in [0.5, 0.6) is 0 Å². The normalized spacial score (nSPS) is 49.4. The largest absolute Gasteiger partial charge is 0.384 e. The zero-order valence-corrected chi connectivity index (χ0v) is 9.17. The van der Waals surface area contributed by atoms with Gasteiger partial charge in [0.25, 0.3) is 0 Å². The Bertz CT molecular complexity index is 175. The molecule has 2 nitrogen and oxygen atoms in total. The fourth-order valence-electron chi connectivity index (χ4n) is 2.38. The van der Waals surface area contributed by atoms with Gasteiger partial charge in [-0.1, -0.05) is 0 Å². The predicted molar refractivity (Wildman–Crippen MR) is 52.7 cm³/mol. The van der Waals surface area contributed by atoms with Crippen molar-refractivity contribution in [2.75, 3.05) is 13.7 Å². The van der Waals surface area contributed by atoms with E-state index in [1.807, 2.05) is 7.11 Å². The lowest BCUT2D eigenvalue weighted by atomic mass is 10.0. The molecule has 2 aliphatic rings. The molecule has 1 aliphatic carbocycles. The first-order valence-electron chi connectivity index (χ1n) is 4.13. The standard InChI is InChI=1S/C8H14INO/c1-6-3-8(5-11-2)4-7(8)10(6)9/h6-7H,3-5H2,1-2H3. The number of halogens is 1. The third-order valence-electron chi connectivity index (χ3n) is 3.00. The highest BCUT2D eigenvalue weighted by Crippen LogP contribution is 2.60. The zero-order chi connectivity index (χ0) is 8.06. The molecule has 0 aromatic rings. The molecular weight excluding hydrogens is 253 g/mol. The van der Waals surface area contributed by atoms with Crippen molar-refractivity contribution in [1.29, 1.82) is 0 Å². The number of ether oxygens (including phenoxy) is 1. The maximum atomic E-state index is 5.24. The first-order valence-corrected chi connectivity index (χ1v) is 5.09. The summed E-state index contributed by atoms with van der Waals surface area (Å²) in [4.78, 5) is 0. The van der Waals surface area contributed by atoms with E-state index in [-0.39, 0.29) is 0 Å². The number of fused-ring (bicyclic) bond motifs is 1. The van der Waals surface area contributed by atoms with Crippen molar-refractivity contribution in [3.05, 3.63) is 0 Å². The van der Waals surface area contributed by atoms with Crippen LogP contribution in [0.3, 0.4) is 0 Å². The van der Waals surface area contributed by atoms with Crippen LogP contribution in [0.4, 0.5) is 0 Å². The summed E-state index contributed by atoms with van der Waals surface area (Å²) in [7, 11) is 1.81. The summed E-state index contributed by atoms with van der Waals surface area (Å²) >= 11 is 2.45. The lowest BCUT2D eigenvalue weighted by Gasteiger charge is -2.15. The van der Waals surface area contributed by atoms with E-state index in [9.17, 15) is 0 Å². The second kappa shape index (κ2) is 2.57. The molecule has 3 heteroatoms. The van der Waals surface area contributed by atoms with Crippen molar-refractivity contribution in [2.45, 2.75) is 31.8 Å². The third kappa shape index (κ3) is 1.12. The number of hydrogen-bond acceptors (Lipinski definition) is 2. The van der Waals surface area contributed by atoms with Crippen molar-refractivity contribution in [2.24, 2.45) is 5.41 Å². The molecule has 11 heavy (non-hydrogen) atoms. The van der Waals surface area contributed by atoms with E-state index in [2.05, 4.69) is 32.9 Å². The molecule has 2 rings (SSSR count). The molecule has 0 radical (unpaired) electrons. The highest BCUT2D eigenvalue weighted by Gasteiger charge is 2.62.